The Labute approximate surface area is 104 Å². The second kappa shape index (κ2) is 5.15. The van der Waals surface area contributed by atoms with Gasteiger partial charge in [0, 0.05) is 11.0 Å². The summed E-state index contributed by atoms with van der Waals surface area (Å²) in [5.41, 5.74) is -0.467. The lowest BCUT2D eigenvalue weighted by molar-refractivity contribution is 0.0266. The largest absolute Gasteiger partial charge is 0.388 e. The van der Waals surface area contributed by atoms with Crippen molar-refractivity contribution in [2.45, 2.75) is 26.4 Å². The van der Waals surface area contributed by atoms with Gasteiger partial charge in [-0.25, -0.2) is 4.39 Å². The van der Waals surface area contributed by atoms with Crippen molar-refractivity contribution >= 4 is 21.6 Å². The van der Waals surface area contributed by atoms with Crippen LogP contribution in [-0.4, -0.2) is 17.3 Å². The van der Waals surface area contributed by atoms with Crippen LogP contribution in [0.25, 0.3) is 0 Å². The molecule has 0 aliphatic carbocycles. The number of rotatable bonds is 4. The summed E-state index contributed by atoms with van der Waals surface area (Å²) in [5, 5.41) is 13.0. The van der Waals surface area contributed by atoms with Gasteiger partial charge < -0.3 is 10.4 Å². The molecule has 16 heavy (non-hydrogen) atoms. The van der Waals surface area contributed by atoms with Crippen molar-refractivity contribution in [1.29, 1.82) is 0 Å². The second-order valence-electron chi connectivity index (χ2n) is 4.46. The average Bonchev–Trinajstić information content (AvgIpc) is 2.16. The molecule has 0 saturated heterocycles. The molecule has 0 aliphatic rings. The molecule has 0 saturated carbocycles. The van der Waals surface area contributed by atoms with Crippen LogP contribution in [0.1, 0.15) is 20.8 Å². The van der Waals surface area contributed by atoms with E-state index >= 15 is 0 Å². The molecule has 0 fully saturated rings. The number of nitrogens with one attached hydrogen (secondary N) is 1. The van der Waals surface area contributed by atoms with Crippen LogP contribution in [0.2, 0.25) is 0 Å². The van der Waals surface area contributed by atoms with Gasteiger partial charge in [0.05, 0.1) is 11.3 Å². The summed E-state index contributed by atoms with van der Waals surface area (Å²) in [4.78, 5) is 0. The van der Waals surface area contributed by atoms with Crippen molar-refractivity contribution < 1.29 is 9.50 Å². The molecular formula is C12H17BrFNO. The van der Waals surface area contributed by atoms with Crippen LogP contribution in [-0.2, 0) is 0 Å². The van der Waals surface area contributed by atoms with E-state index in [0.29, 0.717) is 16.7 Å². The molecule has 0 spiro atoms. The van der Waals surface area contributed by atoms with E-state index in [9.17, 15) is 9.50 Å². The summed E-state index contributed by atoms with van der Waals surface area (Å²) in [6, 6.07) is 4.78. The maximum Gasteiger partial charge on any atom is 0.147 e. The highest BCUT2D eigenvalue weighted by Crippen LogP contribution is 2.26. The summed E-state index contributed by atoms with van der Waals surface area (Å²) >= 11 is 3.27. The van der Waals surface area contributed by atoms with Crippen molar-refractivity contribution in [2.24, 2.45) is 5.92 Å². The van der Waals surface area contributed by atoms with Crippen LogP contribution < -0.4 is 5.32 Å². The zero-order valence-electron chi connectivity index (χ0n) is 9.72. The van der Waals surface area contributed by atoms with Crippen LogP contribution in [0.15, 0.2) is 22.7 Å². The van der Waals surface area contributed by atoms with Gasteiger partial charge in [-0.05, 0) is 40.9 Å². The molecule has 90 valence electrons. The summed E-state index contributed by atoms with van der Waals surface area (Å²) in [6.45, 7) is 5.90. The fourth-order valence-electron chi connectivity index (χ4n) is 1.14. The first-order valence-corrected chi connectivity index (χ1v) is 6.04. The van der Waals surface area contributed by atoms with E-state index < -0.39 is 5.60 Å². The molecule has 0 aromatic heterocycles. The minimum Gasteiger partial charge on any atom is -0.388 e. The Balaban J connectivity index is 2.75. The maximum atomic E-state index is 13.5. The minimum absolute atomic E-state index is 0.102. The molecule has 4 heteroatoms. The van der Waals surface area contributed by atoms with Gasteiger partial charge in [0.1, 0.15) is 5.82 Å². The second-order valence-corrected chi connectivity index (χ2v) is 5.32. The number of para-hydroxylation sites is 1. The lowest BCUT2D eigenvalue weighted by atomic mass is 9.92. The standard InChI is InChI=1S/C12H17BrFNO/c1-8(2)12(3,16)7-15-11-9(13)5-4-6-10(11)14/h4-6,8,15-16H,7H2,1-3H3. The molecule has 1 aromatic carbocycles. The number of halogens is 2. The molecule has 1 unspecified atom stereocenters. The van der Waals surface area contributed by atoms with Crippen LogP contribution in [0.5, 0.6) is 0 Å². The molecule has 0 heterocycles. The lowest BCUT2D eigenvalue weighted by Gasteiger charge is -2.28. The lowest BCUT2D eigenvalue weighted by Crippen LogP contribution is -2.38. The van der Waals surface area contributed by atoms with Gasteiger partial charge in [-0.2, -0.15) is 0 Å². The summed E-state index contributed by atoms with van der Waals surface area (Å²) in [7, 11) is 0. The summed E-state index contributed by atoms with van der Waals surface area (Å²) in [5.74, 6) is -0.223. The van der Waals surface area contributed by atoms with Crippen molar-refractivity contribution in [2.75, 3.05) is 11.9 Å². The Morgan fingerprint density at radius 2 is 2.12 bits per heavy atom. The van der Waals surface area contributed by atoms with E-state index in [4.69, 9.17) is 0 Å². The first-order valence-electron chi connectivity index (χ1n) is 5.25. The molecule has 1 rings (SSSR count). The van der Waals surface area contributed by atoms with Crippen molar-refractivity contribution in [3.63, 3.8) is 0 Å². The quantitative estimate of drug-likeness (QED) is 0.890. The van der Waals surface area contributed by atoms with Gasteiger partial charge in [0.2, 0.25) is 0 Å². The molecule has 1 aromatic rings. The average molecular weight is 290 g/mol. The third kappa shape index (κ3) is 3.19. The molecular weight excluding hydrogens is 273 g/mol. The van der Waals surface area contributed by atoms with E-state index in [1.807, 2.05) is 13.8 Å². The van der Waals surface area contributed by atoms with E-state index in [-0.39, 0.29) is 11.7 Å². The van der Waals surface area contributed by atoms with E-state index in [0.717, 1.165) is 0 Å². The zero-order chi connectivity index (χ0) is 12.3. The van der Waals surface area contributed by atoms with Gasteiger partial charge in [0.15, 0.2) is 0 Å². The van der Waals surface area contributed by atoms with Crippen molar-refractivity contribution in [3.05, 3.63) is 28.5 Å². The predicted molar refractivity (Wildman–Crippen MR) is 68.1 cm³/mol. The monoisotopic (exact) mass is 289 g/mol. The Morgan fingerprint density at radius 3 is 2.62 bits per heavy atom. The van der Waals surface area contributed by atoms with E-state index in [2.05, 4.69) is 21.2 Å². The van der Waals surface area contributed by atoms with Gasteiger partial charge in [-0.3, -0.25) is 0 Å². The topological polar surface area (TPSA) is 32.3 Å². The summed E-state index contributed by atoms with van der Waals surface area (Å²) in [6.07, 6.45) is 0. The number of aliphatic hydroxyl groups is 1. The third-order valence-corrected chi connectivity index (χ3v) is 3.49. The Morgan fingerprint density at radius 1 is 1.50 bits per heavy atom. The van der Waals surface area contributed by atoms with E-state index in [1.165, 1.54) is 6.07 Å². The Bertz CT molecular complexity index is 346. The Kier molecular flexibility index (Phi) is 4.33. The molecule has 2 nitrogen and oxygen atoms in total. The van der Waals surface area contributed by atoms with E-state index in [1.54, 1.807) is 19.1 Å². The number of hydrogen-bond donors (Lipinski definition) is 2. The molecule has 0 radical (unpaired) electrons. The molecule has 0 aliphatic heterocycles. The van der Waals surface area contributed by atoms with Gasteiger partial charge in [0.25, 0.3) is 0 Å². The van der Waals surface area contributed by atoms with Crippen LogP contribution in [0, 0.1) is 11.7 Å². The molecule has 1 atom stereocenters. The minimum atomic E-state index is -0.859. The molecule has 0 bridgehead atoms. The number of hydrogen-bond acceptors (Lipinski definition) is 2. The summed E-state index contributed by atoms with van der Waals surface area (Å²) < 4.78 is 14.1. The molecule has 2 N–H and O–H groups in total. The van der Waals surface area contributed by atoms with Crippen molar-refractivity contribution in [1.82, 2.24) is 0 Å². The molecule has 0 amide bonds. The first-order chi connectivity index (χ1) is 7.34. The Hall–Kier alpha value is -0.610. The normalized spacial score (nSPS) is 14.9. The zero-order valence-corrected chi connectivity index (χ0v) is 11.3. The van der Waals surface area contributed by atoms with Gasteiger partial charge in [-0.1, -0.05) is 19.9 Å². The van der Waals surface area contributed by atoms with Crippen LogP contribution in [0.3, 0.4) is 0 Å². The van der Waals surface area contributed by atoms with Crippen molar-refractivity contribution in [3.8, 4) is 0 Å². The number of anilines is 1. The highest BCUT2D eigenvalue weighted by atomic mass is 79.9. The first kappa shape index (κ1) is 13.5. The highest BCUT2D eigenvalue weighted by molar-refractivity contribution is 9.10. The fraction of sp³-hybridized carbons (Fsp3) is 0.500. The maximum absolute atomic E-state index is 13.5. The smallest absolute Gasteiger partial charge is 0.147 e. The van der Waals surface area contributed by atoms with Gasteiger partial charge in [-0.15, -0.1) is 0 Å². The van der Waals surface area contributed by atoms with Gasteiger partial charge >= 0.3 is 0 Å². The SMILES string of the molecule is CC(C)C(C)(O)CNc1c(F)cccc1Br. The van der Waals surface area contributed by atoms with Crippen LogP contribution in [0.4, 0.5) is 10.1 Å². The van der Waals surface area contributed by atoms with Crippen LogP contribution >= 0.6 is 15.9 Å². The number of benzene rings is 1. The third-order valence-electron chi connectivity index (χ3n) is 2.83. The fourth-order valence-corrected chi connectivity index (χ4v) is 1.62. The highest BCUT2D eigenvalue weighted by Gasteiger charge is 2.25. The predicted octanol–water partition coefficient (Wildman–Crippen LogP) is 3.41.